The van der Waals surface area contributed by atoms with Crippen molar-refractivity contribution in [3.63, 3.8) is 0 Å². The summed E-state index contributed by atoms with van der Waals surface area (Å²) in [6.07, 6.45) is 6.39. The van der Waals surface area contributed by atoms with E-state index < -0.39 is 0 Å². The van der Waals surface area contributed by atoms with Crippen molar-refractivity contribution in [2.24, 2.45) is 5.92 Å². The van der Waals surface area contributed by atoms with E-state index in [1.165, 1.54) is 5.56 Å². The summed E-state index contributed by atoms with van der Waals surface area (Å²) in [5.74, 6) is 0.291. The van der Waals surface area contributed by atoms with Crippen LogP contribution in [0.15, 0.2) is 48.5 Å². The maximum atomic E-state index is 12.3. The van der Waals surface area contributed by atoms with E-state index in [-0.39, 0.29) is 17.7 Å². The summed E-state index contributed by atoms with van der Waals surface area (Å²) < 4.78 is 0. The second-order valence-corrected chi connectivity index (χ2v) is 7.86. The van der Waals surface area contributed by atoms with Gasteiger partial charge in [0.15, 0.2) is 0 Å². The monoisotopic (exact) mass is 398 g/mol. The topological polar surface area (TPSA) is 58.2 Å². The molecule has 1 fully saturated rings. The Morgan fingerprint density at radius 3 is 2.50 bits per heavy atom. The van der Waals surface area contributed by atoms with Crippen LogP contribution in [0, 0.1) is 5.92 Å². The van der Waals surface area contributed by atoms with Gasteiger partial charge in [-0.1, -0.05) is 48.7 Å². The van der Waals surface area contributed by atoms with Crippen molar-refractivity contribution in [1.29, 1.82) is 0 Å². The van der Waals surface area contributed by atoms with Crippen molar-refractivity contribution in [3.8, 4) is 0 Å². The molecule has 0 aliphatic heterocycles. The molecule has 4 nitrogen and oxygen atoms in total. The first-order chi connectivity index (χ1) is 13.6. The van der Waals surface area contributed by atoms with Gasteiger partial charge >= 0.3 is 0 Å². The molecule has 1 aliphatic carbocycles. The molecule has 5 heteroatoms. The molecule has 28 heavy (non-hydrogen) atoms. The van der Waals surface area contributed by atoms with Gasteiger partial charge in [0.25, 0.3) is 0 Å². The molecule has 2 amide bonds. The molecule has 0 atom stereocenters. The van der Waals surface area contributed by atoms with E-state index in [9.17, 15) is 9.59 Å². The van der Waals surface area contributed by atoms with Crippen LogP contribution in [0.3, 0.4) is 0 Å². The van der Waals surface area contributed by atoms with Crippen LogP contribution in [0.4, 0.5) is 5.69 Å². The first-order valence-corrected chi connectivity index (χ1v) is 10.4. The minimum atomic E-state index is 0.0364. The average molecular weight is 399 g/mol. The van der Waals surface area contributed by atoms with Gasteiger partial charge in [-0.05, 0) is 61.1 Å². The Bertz CT molecular complexity index is 799. The highest BCUT2D eigenvalue weighted by Gasteiger charge is 2.22. The highest BCUT2D eigenvalue weighted by molar-refractivity contribution is 6.30. The lowest BCUT2D eigenvalue weighted by molar-refractivity contribution is -0.121. The number of benzene rings is 2. The normalized spacial score (nSPS) is 14.0. The van der Waals surface area contributed by atoms with Crippen LogP contribution < -0.4 is 10.6 Å². The van der Waals surface area contributed by atoms with Crippen LogP contribution in [0.5, 0.6) is 0 Å². The van der Waals surface area contributed by atoms with Crippen LogP contribution in [0.25, 0.3) is 0 Å². The fourth-order valence-corrected chi connectivity index (χ4v) is 3.71. The Morgan fingerprint density at radius 1 is 1.00 bits per heavy atom. The number of carbonyl (C=O) groups is 2. The van der Waals surface area contributed by atoms with E-state index in [4.69, 9.17) is 11.6 Å². The smallest absolute Gasteiger partial charge is 0.227 e. The molecular weight excluding hydrogens is 372 g/mol. The number of aryl methyl sites for hydroxylation is 1. The lowest BCUT2D eigenvalue weighted by Crippen LogP contribution is -2.23. The Hall–Kier alpha value is -2.33. The molecule has 3 rings (SSSR count). The Balaban J connectivity index is 1.40. The van der Waals surface area contributed by atoms with Gasteiger partial charge in [-0.15, -0.1) is 0 Å². The molecule has 1 saturated carbocycles. The van der Waals surface area contributed by atoms with E-state index >= 15 is 0 Å². The third-order valence-corrected chi connectivity index (χ3v) is 5.44. The van der Waals surface area contributed by atoms with Crippen LogP contribution in [0.2, 0.25) is 5.02 Å². The largest absolute Gasteiger partial charge is 0.352 e. The molecule has 2 aromatic rings. The fourth-order valence-electron chi connectivity index (χ4n) is 3.58. The molecule has 1 aliphatic rings. The zero-order chi connectivity index (χ0) is 19.8. The molecule has 2 aromatic carbocycles. The van der Waals surface area contributed by atoms with Crippen LogP contribution >= 0.6 is 11.6 Å². The first kappa shape index (κ1) is 20.4. The maximum Gasteiger partial charge on any atom is 0.227 e. The van der Waals surface area contributed by atoms with Crippen molar-refractivity contribution >= 4 is 29.1 Å². The number of amides is 2. The van der Waals surface area contributed by atoms with Gasteiger partial charge in [-0.2, -0.15) is 0 Å². The standard InChI is InChI=1S/C23H27ClN2O2/c24-20-13-11-17(12-14-20)5-4-10-22(27)25-16-18-6-3-9-21(15-18)26-23(28)19-7-1-2-8-19/h3,6,9,11-15,19H,1-2,4-5,7-8,10,16H2,(H,25,27)(H,26,28). The summed E-state index contributed by atoms with van der Waals surface area (Å²) in [4.78, 5) is 24.4. The molecule has 0 spiro atoms. The van der Waals surface area contributed by atoms with Gasteiger partial charge in [-0.3, -0.25) is 9.59 Å². The second-order valence-electron chi connectivity index (χ2n) is 7.43. The van der Waals surface area contributed by atoms with E-state index in [2.05, 4.69) is 10.6 Å². The van der Waals surface area contributed by atoms with Crippen LogP contribution in [-0.4, -0.2) is 11.8 Å². The van der Waals surface area contributed by atoms with E-state index in [0.29, 0.717) is 13.0 Å². The minimum Gasteiger partial charge on any atom is -0.352 e. The molecule has 0 bridgehead atoms. The van der Waals surface area contributed by atoms with Crippen molar-refractivity contribution in [1.82, 2.24) is 5.32 Å². The SMILES string of the molecule is O=C(CCCc1ccc(Cl)cc1)NCc1cccc(NC(=O)C2CCCC2)c1. The molecule has 148 valence electrons. The Morgan fingerprint density at radius 2 is 1.75 bits per heavy atom. The zero-order valence-corrected chi connectivity index (χ0v) is 16.8. The molecular formula is C23H27ClN2O2. The summed E-state index contributed by atoms with van der Waals surface area (Å²) in [5.41, 5.74) is 2.96. The van der Waals surface area contributed by atoms with Gasteiger partial charge < -0.3 is 10.6 Å². The van der Waals surface area contributed by atoms with E-state index in [0.717, 1.165) is 54.8 Å². The molecule has 0 aromatic heterocycles. The average Bonchev–Trinajstić information content (AvgIpc) is 3.23. The highest BCUT2D eigenvalue weighted by Crippen LogP contribution is 2.26. The molecule has 0 saturated heterocycles. The summed E-state index contributed by atoms with van der Waals surface area (Å²) >= 11 is 5.88. The van der Waals surface area contributed by atoms with Crippen molar-refractivity contribution < 1.29 is 9.59 Å². The van der Waals surface area contributed by atoms with E-state index in [1.54, 1.807) is 0 Å². The summed E-state index contributed by atoms with van der Waals surface area (Å²) in [5, 5.41) is 6.69. The highest BCUT2D eigenvalue weighted by atomic mass is 35.5. The quantitative estimate of drug-likeness (QED) is 0.649. The van der Waals surface area contributed by atoms with Crippen molar-refractivity contribution in [2.45, 2.75) is 51.5 Å². The summed E-state index contributed by atoms with van der Waals surface area (Å²) in [6.45, 7) is 0.465. The Labute approximate surface area is 171 Å². The number of hydrogen-bond donors (Lipinski definition) is 2. The molecule has 0 heterocycles. The lowest BCUT2D eigenvalue weighted by Gasteiger charge is -2.12. The van der Waals surface area contributed by atoms with Gasteiger partial charge in [0.1, 0.15) is 0 Å². The first-order valence-electron chi connectivity index (χ1n) is 10.0. The van der Waals surface area contributed by atoms with Crippen LogP contribution in [-0.2, 0) is 22.6 Å². The van der Waals surface area contributed by atoms with Gasteiger partial charge in [0.05, 0.1) is 0 Å². The lowest BCUT2D eigenvalue weighted by atomic mass is 10.1. The number of rotatable bonds is 8. The third-order valence-electron chi connectivity index (χ3n) is 5.19. The van der Waals surface area contributed by atoms with Gasteiger partial charge in [0.2, 0.25) is 11.8 Å². The number of hydrogen-bond acceptors (Lipinski definition) is 2. The summed E-state index contributed by atoms with van der Waals surface area (Å²) in [6, 6.07) is 15.4. The number of halogens is 1. The predicted octanol–water partition coefficient (Wildman–Crippen LogP) is 5.11. The maximum absolute atomic E-state index is 12.3. The number of anilines is 1. The van der Waals surface area contributed by atoms with Crippen molar-refractivity contribution in [3.05, 3.63) is 64.7 Å². The van der Waals surface area contributed by atoms with Crippen molar-refractivity contribution in [2.75, 3.05) is 5.32 Å². The molecule has 2 N–H and O–H groups in total. The fraction of sp³-hybridized carbons (Fsp3) is 0.391. The molecule has 0 radical (unpaired) electrons. The van der Waals surface area contributed by atoms with Gasteiger partial charge in [-0.25, -0.2) is 0 Å². The second kappa shape index (κ2) is 10.3. The Kier molecular flexibility index (Phi) is 7.49. The number of carbonyl (C=O) groups excluding carboxylic acids is 2. The zero-order valence-electron chi connectivity index (χ0n) is 16.0. The third kappa shape index (κ3) is 6.38. The number of nitrogens with one attached hydrogen (secondary N) is 2. The van der Waals surface area contributed by atoms with Gasteiger partial charge in [0, 0.05) is 29.6 Å². The molecule has 0 unspecified atom stereocenters. The van der Waals surface area contributed by atoms with E-state index in [1.807, 2.05) is 48.5 Å². The van der Waals surface area contributed by atoms with Crippen LogP contribution in [0.1, 0.15) is 49.7 Å². The summed E-state index contributed by atoms with van der Waals surface area (Å²) in [7, 11) is 0. The predicted molar refractivity (Wildman–Crippen MR) is 113 cm³/mol. The minimum absolute atomic E-state index is 0.0364.